The minimum Gasteiger partial charge on any atom is -0.496 e. The SMILES string of the molecule is COc1ccccc1-c1ncc(C(=O)O)s1.[Na]. The predicted molar refractivity (Wildman–Crippen MR) is 66.8 cm³/mol. The molecule has 0 aliphatic carbocycles. The molecule has 4 nitrogen and oxygen atoms in total. The maximum Gasteiger partial charge on any atom is 0.347 e. The van der Waals surface area contributed by atoms with E-state index in [0.717, 1.165) is 16.9 Å². The Morgan fingerprint density at radius 2 is 2.12 bits per heavy atom. The van der Waals surface area contributed by atoms with Crippen LogP contribution in [0.15, 0.2) is 30.5 Å². The van der Waals surface area contributed by atoms with Gasteiger partial charge >= 0.3 is 5.97 Å². The third-order valence-electron chi connectivity index (χ3n) is 2.05. The van der Waals surface area contributed by atoms with Crippen molar-refractivity contribution in [2.75, 3.05) is 7.11 Å². The molecule has 1 radical (unpaired) electrons. The number of methoxy groups -OCH3 is 1. The Morgan fingerprint density at radius 3 is 2.71 bits per heavy atom. The van der Waals surface area contributed by atoms with Crippen LogP contribution in [0.3, 0.4) is 0 Å². The first-order valence-electron chi connectivity index (χ1n) is 4.55. The normalized spacial score (nSPS) is 9.47. The molecule has 6 heteroatoms. The Hall–Kier alpha value is -0.880. The predicted octanol–water partition coefficient (Wildman–Crippen LogP) is 2.14. The molecule has 0 saturated carbocycles. The van der Waals surface area contributed by atoms with Crippen LogP contribution in [-0.4, -0.2) is 52.7 Å². The Morgan fingerprint density at radius 1 is 1.41 bits per heavy atom. The molecule has 0 atom stereocenters. The number of para-hydroxylation sites is 1. The summed E-state index contributed by atoms with van der Waals surface area (Å²) in [6, 6.07) is 7.38. The number of hydrogen-bond acceptors (Lipinski definition) is 4. The van der Waals surface area contributed by atoms with Gasteiger partial charge in [0.2, 0.25) is 0 Å². The van der Waals surface area contributed by atoms with E-state index in [4.69, 9.17) is 9.84 Å². The van der Waals surface area contributed by atoms with Crippen molar-refractivity contribution in [2.45, 2.75) is 0 Å². The van der Waals surface area contributed by atoms with Crippen molar-refractivity contribution in [3.63, 3.8) is 0 Å². The molecule has 0 amide bonds. The number of carboxylic acids is 1. The molecule has 0 bridgehead atoms. The van der Waals surface area contributed by atoms with E-state index in [2.05, 4.69) is 4.98 Å². The second-order valence-corrected chi connectivity index (χ2v) is 4.07. The second-order valence-electron chi connectivity index (χ2n) is 3.04. The molecule has 0 spiro atoms. The van der Waals surface area contributed by atoms with E-state index in [0.29, 0.717) is 10.8 Å². The van der Waals surface area contributed by atoms with Crippen LogP contribution < -0.4 is 4.74 Å². The number of benzene rings is 1. The molecule has 0 aliphatic rings. The summed E-state index contributed by atoms with van der Waals surface area (Å²) in [6.07, 6.45) is 1.36. The number of aromatic carboxylic acids is 1. The van der Waals surface area contributed by atoms with Crippen LogP contribution in [0, 0.1) is 0 Å². The number of hydrogen-bond donors (Lipinski definition) is 1. The number of rotatable bonds is 3. The average Bonchev–Trinajstić information content (AvgIpc) is 2.78. The third-order valence-corrected chi connectivity index (χ3v) is 3.07. The van der Waals surface area contributed by atoms with Gasteiger partial charge in [-0.2, -0.15) is 0 Å². The van der Waals surface area contributed by atoms with Gasteiger partial charge in [0.25, 0.3) is 0 Å². The summed E-state index contributed by atoms with van der Waals surface area (Å²) in [5.41, 5.74) is 0.808. The number of ether oxygens (including phenoxy) is 1. The van der Waals surface area contributed by atoms with Crippen LogP contribution in [0.5, 0.6) is 5.75 Å². The van der Waals surface area contributed by atoms with E-state index >= 15 is 0 Å². The molecule has 0 aliphatic heterocycles. The third kappa shape index (κ3) is 3.07. The fraction of sp³-hybridized carbons (Fsp3) is 0.0909. The van der Waals surface area contributed by atoms with E-state index in [1.807, 2.05) is 24.3 Å². The standard InChI is InChI=1S/C11H9NO3S.Na/c1-15-8-5-3-2-4-7(8)10-12-6-9(16-10)11(13)14;/h2-6H,1H3,(H,13,14);. The Balaban J connectivity index is 0.00000144. The topological polar surface area (TPSA) is 59.4 Å². The molecule has 0 saturated heterocycles. The monoisotopic (exact) mass is 258 g/mol. The van der Waals surface area contributed by atoms with Crippen molar-refractivity contribution >= 4 is 46.9 Å². The Bertz CT molecular complexity index is 527. The first-order valence-corrected chi connectivity index (χ1v) is 5.36. The van der Waals surface area contributed by atoms with Crippen LogP contribution in [0.25, 0.3) is 10.6 Å². The maximum atomic E-state index is 10.7. The zero-order valence-corrected chi connectivity index (χ0v) is 12.3. The summed E-state index contributed by atoms with van der Waals surface area (Å²) in [4.78, 5) is 15.0. The first-order chi connectivity index (χ1) is 7.72. The van der Waals surface area contributed by atoms with Crippen molar-refractivity contribution in [3.05, 3.63) is 35.3 Å². The maximum absolute atomic E-state index is 10.7. The molecule has 1 aromatic carbocycles. The van der Waals surface area contributed by atoms with Crippen molar-refractivity contribution in [3.8, 4) is 16.3 Å². The van der Waals surface area contributed by atoms with E-state index in [9.17, 15) is 4.79 Å². The molecular weight excluding hydrogens is 249 g/mol. The van der Waals surface area contributed by atoms with Crippen LogP contribution in [0.2, 0.25) is 0 Å². The number of thiazole rings is 1. The van der Waals surface area contributed by atoms with Gasteiger partial charge < -0.3 is 9.84 Å². The molecular formula is C11H9NNaO3S. The molecule has 2 aromatic rings. The molecule has 2 rings (SSSR count). The fourth-order valence-electron chi connectivity index (χ4n) is 1.32. The zero-order valence-electron chi connectivity index (χ0n) is 9.51. The summed E-state index contributed by atoms with van der Waals surface area (Å²) in [6.45, 7) is 0. The summed E-state index contributed by atoms with van der Waals surface area (Å²) < 4.78 is 5.19. The van der Waals surface area contributed by atoms with Gasteiger partial charge in [0, 0.05) is 29.6 Å². The largest absolute Gasteiger partial charge is 0.496 e. The van der Waals surface area contributed by atoms with Crippen LogP contribution in [0.4, 0.5) is 0 Å². The zero-order chi connectivity index (χ0) is 11.5. The fourth-order valence-corrected chi connectivity index (χ4v) is 2.10. The van der Waals surface area contributed by atoms with E-state index in [1.165, 1.54) is 6.20 Å². The molecule has 0 unspecified atom stereocenters. The molecule has 17 heavy (non-hydrogen) atoms. The van der Waals surface area contributed by atoms with Gasteiger partial charge in [-0.15, -0.1) is 11.3 Å². The van der Waals surface area contributed by atoms with Crippen LogP contribution in [-0.2, 0) is 0 Å². The molecule has 1 heterocycles. The van der Waals surface area contributed by atoms with E-state index < -0.39 is 5.97 Å². The quantitative estimate of drug-likeness (QED) is 0.857. The average molecular weight is 258 g/mol. The molecule has 1 N–H and O–H groups in total. The van der Waals surface area contributed by atoms with Crippen LogP contribution in [0.1, 0.15) is 9.67 Å². The van der Waals surface area contributed by atoms with Gasteiger partial charge in [0.15, 0.2) is 0 Å². The molecule has 1 aromatic heterocycles. The molecule has 83 valence electrons. The number of carboxylic acid groups (broad SMARTS) is 1. The van der Waals surface area contributed by atoms with Gasteiger partial charge in [0.05, 0.1) is 18.9 Å². The van der Waals surface area contributed by atoms with Crippen molar-refractivity contribution < 1.29 is 14.6 Å². The van der Waals surface area contributed by atoms with E-state index in [-0.39, 0.29) is 34.4 Å². The number of carbonyl (C=O) groups is 1. The van der Waals surface area contributed by atoms with Gasteiger partial charge in [-0.25, -0.2) is 9.78 Å². The summed E-state index contributed by atoms with van der Waals surface area (Å²) in [7, 11) is 1.57. The van der Waals surface area contributed by atoms with Crippen LogP contribution >= 0.6 is 11.3 Å². The minimum absolute atomic E-state index is 0. The van der Waals surface area contributed by atoms with Crippen molar-refractivity contribution in [1.29, 1.82) is 0 Å². The van der Waals surface area contributed by atoms with Crippen molar-refractivity contribution in [2.24, 2.45) is 0 Å². The van der Waals surface area contributed by atoms with E-state index in [1.54, 1.807) is 7.11 Å². The summed E-state index contributed by atoms with van der Waals surface area (Å²) >= 11 is 1.13. The van der Waals surface area contributed by atoms with Gasteiger partial charge in [-0.1, -0.05) is 12.1 Å². The number of nitrogens with zero attached hydrogens (tertiary/aromatic N) is 1. The molecule has 0 fully saturated rings. The second kappa shape index (κ2) is 6.16. The first kappa shape index (κ1) is 14.2. The van der Waals surface area contributed by atoms with Gasteiger partial charge in [0.1, 0.15) is 15.6 Å². The Labute approximate surface area is 125 Å². The van der Waals surface area contributed by atoms with Gasteiger partial charge in [-0.05, 0) is 12.1 Å². The summed E-state index contributed by atoms with van der Waals surface area (Å²) in [5, 5.41) is 9.46. The Kier molecular flexibility index (Phi) is 5.14. The minimum atomic E-state index is -0.960. The van der Waals surface area contributed by atoms with Gasteiger partial charge in [-0.3, -0.25) is 0 Å². The summed E-state index contributed by atoms with van der Waals surface area (Å²) in [5.74, 6) is -0.271. The number of aromatic nitrogens is 1. The smallest absolute Gasteiger partial charge is 0.347 e. The van der Waals surface area contributed by atoms with Crippen molar-refractivity contribution in [1.82, 2.24) is 4.98 Å².